The van der Waals surface area contributed by atoms with Crippen LogP contribution in [0.3, 0.4) is 0 Å². The van der Waals surface area contributed by atoms with Crippen molar-refractivity contribution in [2.75, 3.05) is 17.7 Å². The highest BCUT2D eigenvalue weighted by molar-refractivity contribution is 5.59. The largest absolute Gasteiger partial charge is 0.494 e. The lowest BCUT2D eigenvalue weighted by Gasteiger charge is -2.32. The fourth-order valence-electron chi connectivity index (χ4n) is 3.26. The van der Waals surface area contributed by atoms with E-state index < -0.39 is 0 Å². The topological polar surface area (TPSA) is 47.3 Å². The average molecular weight is 262 g/mol. The Morgan fingerprint density at radius 3 is 2.47 bits per heavy atom. The van der Waals surface area contributed by atoms with E-state index in [0.29, 0.717) is 12.6 Å². The van der Waals surface area contributed by atoms with Gasteiger partial charge in [0, 0.05) is 29.5 Å². The van der Waals surface area contributed by atoms with E-state index in [0.717, 1.165) is 29.0 Å². The Bertz CT molecular complexity index is 409. The molecule has 1 aliphatic carbocycles. The third kappa shape index (κ3) is 4.05. The summed E-state index contributed by atoms with van der Waals surface area (Å²) in [7, 11) is 0. The lowest BCUT2D eigenvalue weighted by atomic mass is 9.80. The van der Waals surface area contributed by atoms with Gasteiger partial charge in [-0.2, -0.15) is 0 Å². The van der Waals surface area contributed by atoms with Crippen molar-refractivity contribution in [2.24, 2.45) is 11.8 Å². The average Bonchev–Trinajstić information content (AvgIpc) is 2.26. The van der Waals surface area contributed by atoms with Crippen molar-refractivity contribution in [3.8, 4) is 5.75 Å². The molecule has 106 valence electrons. The van der Waals surface area contributed by atoms with Crippen LogP contribution in [0.1, 0.15) is 40.0 Å². The van der Waals surface area contributed by atoms with Crippen molar-refractivity contribution >= 4 is 11.4 Å². The summed E-state index contributed by atoms with van der Waals surface area (Å²) >= 11 is 0. The molecule has 3 heteroatoms. The van der Waals surface area contributed by atoms with Crippen molar-refractivity contribution < 1.29 is 4.74 Å². The molecule has 0 aromatic heterocycles. The first kappa shape index (κ1) is 14.0. The Morgan fingerprint density at radius 2 is 1.84 bits per heavy atom. The molecule has 0 aliphatic heterocycles. The van der Waals surface area contributed by atoms with Gasteiger partial charge in [0.05, 0.1) is 6.61 Å². The van der Waals surface area contributed by atoms with Crippen LogP contribution in [0.2, 0.25) is 0 Å². The number of ether oxygens (including phenoxy) is 1. The second-order valence-corrected chi connectivity index (χ2v) is 5.98. The maximum atomic E-state index is 5.93. The minimum atomic E-state index is 0.551. The van der Waals surface area contributed by atoms with E-state index in [1.54, 1.807) is 0 Å². The van der Waals surface area contributed by atoms with E-state index in [9.17, 15) is 0 Å². The summed E-state index contributed by atoms with van der Waals surface area (Å²) in [6.45, 7) is 7.34. The highest BCUT2D eigenvalue weighted by Gasteiger charge is 2.23. The van der Waals surface area contributed by atoms with Crippen LogP contribution in [0, 0.1) is 11.8 Å². The molecule has 0 heterocycles. The molecule has 0 bridgehead atoms. The van der Waals surface area contributed by atoms with Gasteiger partial charge in [0.2, 0.25) is 0 Å². The molecule has 2 unspecified atom stereocenters. The number of hydrogen-bond acceptors (Lipinski definition) is 3. The Balaban J connectivity index is 2.05. The summed E-state index contributed by atoms with van der Waals surface area (Å²) in [5.74, 6) is 2.45. The van der Waals surface area contributed by atoms with Crippen LogP contribution in [-0.2, 0) is 0 Å². The van der Waals surface area contributed by atoms with Gasteiger partial charge in [-0.15, -0.1) is 0 Å². The molecule has 19 heavy (non-hydrogen) atoms. The molecule has 1 aliphatic rings. The molecular weight excluding hydrogens is 236 g/mol. The number of rotatable bonds is 4. The van der Waals surface area contributed by atoms with Gasteiger partial charge in [0.25, 0.3) is 0 Å². The van der Waals surface area contributed by atoms with Gasteiger partial charge in [-0.3, -0.25) is 0 Å². The zero-order chi connectivity index (χ0) is 13.8. The lowest BCUT2D eigenvalue weighted by Crippen LogP contribution is -2.30. The monoisotopic (exact) mass is 262 g/mol. The number of hydrogen-bond donors (Lipinski definition) is 2. The van der Waals surface area contributed by atoms with Crippen molar-refractivity contribution in [1.29, 1.82) is 0 Å². The summed E-state index contributed by atoms with van der Waals surface area (Å²) in [5, 5.41) is 3.62. The normalized spacial score (nSPS) is 27.0. The van der Waals surface area contributed by atoms with Gasteiger partial charge >= 0.3 is 0 Å². The van der Waals surface area contributed by atoms with Crippen LogP contribution in [0.25, 0.3) is 0 Å². The number of anilines is 2. The predicted molar refractivity (Wildman–Crippen MR) is 81.6 cm³/mol. The maximum absolute atomic E-state index is 5.93. The number of nitrogen functional groups attached to an aromatic ring is 1. The highest BCUT2D eigenvalue weighted by atomic mass is 16.5. The van der Waals surface area contributed by atoms with Gasteiger partial charge < -0.3 is 15.8 Å². The van der Waals surface area contributed by atoms with Gasteiger partial charge in [0.15, 0.2) is 0 Å². The first-order valence-corrected chi connectivity index (χ1v) is 7.36. The van der Waals surface area contributed by atoms with E-state index in [1.807, 2.05) is 25.1 Å². The zero-order valence-corrected chi connectivity index (χ0v) is 12.3. The SMILES string of the molecule is CCOc1cc(N)cc(NC2CC(C)CC(C)C2)c1. The second-order valence-electron chi connectivity index (χ2n) is 5.98. The number of nitrogens with two attached hydrogens (primary N) is 1. The quantitative estimate of drug-likeness (QED) is 0.809. The third-order valence-corrected chi connectivity index (χ3v) is 3.79. The Hall–Kier alpha value is -1.38. The molecule has 1 saturated carbocycles. The highest BCUT2D eigenvalue weighted by Crippen LogP contribution is 2.31. The first-order valence-electron chi connectivity index (χ1n) is 7.36. The van der Waals surface area contributed by atoms with Crippen molar-refractivity contribution in [1.82, 2.24) is 0 Å². The predicted octanol–water partition coefficient (Wildman–Crippen LogP) is 3.90. The molecule has 3 N–H and O–H groups in total. The molecular formula is C16H26N2O. The van der Waals surface area contributed by atoms with Gasteiger partial charge in [-0.05, 0) is 44.1 Å². The van der Waals surface area contributed by atoms with E-state index in [4.69, 9.17) is 10.5 Å². The van der Waals surface area contributed by atoms with Gasteiger partial charge in [-0.25, -0.2) is 0 Å². The standard InChI is InChI=1S/C16H26N2O/c1-4-19-16-9-13(17)8-15(10-16)18-14-6-11(2)5-12(3)7-14/h8-12,14,18H,4-7,17H2,1-3H3. The molecule has 1 aromatic carbocycles. The van der Waals surface area contributed by atoms with E-state index in [2.05, 4.69) is 19.2 Å². The zero-order valence-electron chi connectivity index (χ0n) is 12.3. The van der Waals surface area contributed by atoms with Crippen LogP contribution < -0.4 is 15.8 Å². The van der Waals surface area contributed by atoms with Crippen molar-refractivity contribution in [3.63, 3.8) is 0 Å². The van der Waals surface area contributed by atoms with Crippen LogP contribution in [0.4, 0.5) is 11.4 Å². The summed E-state index contributed by atoms with van der Waals surface area (Å²) < 4.78 is 5.54. The Morgan fingerprint density at radius 1 is 1.16 bits per heavy atom. The fourth-order valence-corrected chi connectivity index (χ4v) is 3.26. The molecule has 0 saturated heterocycles. The molecule has 0 amide bonds. The van der Waals surface area contributed by atoms with Crippen LogP contribution in [0.15, 0.2) is 18.2 Å². The van der Waals surface area contributed by atoms with Gasteiger partial charge in [-0.1, -0.05) is 13.8 Å². The summed E-state index contributed by atoms with van der Waals surface area (Å²) in [6.07, 6.45) is 3.82. The first-order chi connectivity index (χ1) is 9.06. The lowest BCUT2D eigenvalue weighted by molar-refractivity contribution is 0.281. The maximum Gasteiger partial charge on any atom is 0.123 e. The van der Waals surface area contributed by atoms with Crippen LogP contribution in [-0.4, -0.2) is 12.6 Å². The second kappa shape index (κ2) is 6.18. The number of nitrogens with one attached hydrogen (secondary N) is 1. The molecule has 0 radical (unpaired) electrons. The van der Waals surface area contributed by atoms with Crippen molar-refractivity contribution in [2.45, 2.75) is 46.1 Å². The third-order valence-electron chi connectivity index (χ3n) is 3.79. The minimum absolute atomic E-state index is 0.551. The van der Waals surface area contributed by atoms with Crippen molar-refractivity contribution in [3.05, 3.63) is 18.2 Å². The minimum Gasteiger partial charge on any atom is -0.494 e. The molecule has 2 atom stereocenters. The van der Waals surface area contributed by atoms with E-state index in [1.165, 1.54) is 19.3 Å². The fraction of sp³-hybridized carbons (Fsp3) is 0.625. The summed E-state index contributed by atoms with van der Waals surface area (Å²) in [4.78, 5) is 0. The molecule has 2 rings (SSSR count). The van der Waals surface area contributed by atoms with Crippen LogP contribution in [0.5, 0.6) is 5.75 Å². The Labute approximate surface area is 116 Å². The van der Waals surface area contributed by atoms with Crippen LogP contribution >= 0.6 is 0 Å². The smallest absolute Gasteiger partial charge is 0.123 e. The van der Waals surface area contributed by atoms with E-state index >= 15 is 0 Å². The summed E-state index contributed by atoms with van der Waals surface area (Å²) in [6, 6.07) is 6.46. The Kier molecular flexibility index (Phi) is 4.56. The summed E-state index contributed by atoms with van der Waals surface area (Å²) in [5.41, 5.74) is 7.76. The number of benzene rings is 1. The molecule has 3 nitrogen and oxygen atoms in total. The molecule has 0 spiro atoms. The molecule has 1 aromatic rings. The van der Waals surface area contributed by atoms with E-state index in [-0.39, 0.29) is 0 Å². The van der Waals surface area contributed by atoms with Gasteiger partial charge in [0.1, 0.15) is 5.75 Å². The molecule has 1 fully saturated rings.